The highest BCUT2D eigenvalue weighted by Gasteiger charge is 2.16. The molecule has 2 N–H and O–H groups in total. The molecule has 0 aliphatic carbocycles. The fraction of sp³-hybridized carbons (Fsp3) is 0. The Morgan fingerprint density at radius 1 is 0.824 bits per heavy atom. The van der Waals surface area contributed by atoms with Gasteiger partial charge in [0, 0.05) is 10.2 Å². The Morgan fingerprint density at radius 3 is 1.71 bits per heavy atom. The fourth-order valence-corrected chi connectivity index (χ4v) is 2.92. The molecule has 0 aliphatic rings. The quantitative estimate of drug-likeness (QED) is 0.868. The van der Waals surface area contributed by atoms with Gasteiger partial charge >= 0.3 is 0 Å². The van der Waals surface area contributed by atoms with Crippen molar-refractivity contribution in [3.05, 3.63) is 53.0 Å². The summed E-state index contributed by atoms with van der Waals surface area (Å²) in [6.45, 7) is 0. The summed E-state index contributed by atoms with van der Waals surface area (Å²) in [6, 6.07) is 12.7. The Labute approximate surface area is 108 Å². The largest absolute Gasteiger partial charge is 0.399 e. The highest BCUT2D eigenvalue weighted by atomic mass is 79.9. The molecule has 2 rings (SSSR count). The van der Waals surface area contributed by atoms with E-state index in [1.165, 1.54) is 12.1 Å². The van der Waals surface area contributed by atoms with Crippen LogP contribution in [-0.2, 0) is 9.84 Å². The first kappa shape index (κ1) is 12.1. The Morgan fingerprint density at radius 2 is 1.24 bits per heavy atom. The third kappa shape index (κ3) is 2.50. The van der Waals surface area contributed by atoms with Crippen LogP contribution < -0.4 is 5.73 Å². The second kappa shape index (κ2) is 4.50. The van der Waals surface area contributed by atoms with Crippen LogP contribution in [0.3, 0.4) is 0 Å². The van der Waals surface area contributed by atoms with E-state index < -0.39 is 9.84 Å². The zero-order valence-corrected chi connectivity index (χ0v) is 11.2. The molecule has 17 heavy (non-hydrogen) atoms. The number of hydrogen-bond acceptors (Lipinski definition) is 3. The molecular weight excluding hydrogens is 302 g/mol. The molecule has 0 unspecified atom stereocenters. The molecule has 3 nitrogen and oxygen atoms in total. The van der Waals surface area contributed by atoms with Crippen molar-refractivity contribution in [1.82, 2.24) is 0 Å². The van der Waals surface area contributed by atoms with Crippen LogP contribution in [0.4, 0.5) is 5.69 Å². The maximum atomic E-state index is 12.2. The summed E-state index contributed by atoms with van der Waals surface area (Å²) < 4.78 is 25.2. The van der Waals surface area contributed by atoms with Gasteiger partial charge in [0.1, 0.15) is 0 Å². The molecule has 0 heterocycles. The topological polar surface area (TPSA) is 60.2 Å². The predicted molar refractivity (Wildman–Crippen MR) is 70.4 cm³/mol. The van der Waals surface area contributed by atoms with Crippen molar-refractivity contribution >= 4 is 31.5 Å². The maximum absolute atomic E-state index is 12.2. The highest BCUT2D eigenvalue weighted by molar-refractivity contribution is 9.10. The van der Waals surface area contributed by atoms with Crippen molar-refractivity contribution in [2.45, 2.75) is 9.79 Å². The van der Waals surface area contributed by atoms with Gasteiger partial charge in [0.05, 0.1) is 9.79 Å². The van der Waals surface area contributed by atoms with E-state index in [9.17, 15) is 8.42 Å². The molecule has 0 atom stereocenters. The average molecular weight is 312 g/mol. The number of nitrogens with two attached hydrogens (primary N) is 1. The van der Waals surface area contributed by atoms with Gasteiger partial charge in [-0.25, -0.2) is 8.42 Å². The minimum Gasteiger partial charge on any atom is -0.399 e. The lowest BCUT2D eigenvalue weighted by atomic mass is 10.3. The molecule has 88 valence electrons. The van der Waals surface area contributed by atoms with Gasteiger partial charge in [-0.3, -0.25) is 0 Å². The van der Waals surface area contributed by atoms with Crippen LogP contribution in [0.2, 0.25) is 0 Å². The van der Waals surface area contributed by atoms with Gasteiger partial charge in [-0.2, -0.15) is 0 Å². The summed E-state index contributed by atoms with van der Waals surface area (Å²) in [4.78, 5) is 0.513. The summed E-state index contributed by atoms with van der Waals surface area (Å²) in [5.74, 6) is 0. The summed E-state index contributed by atoms with van der Waals surface area (Å²) in [5, 5.41) is 0. The zero-order chi connectivity index (χ0) is 12.5. The van der Waals surface area contributed by atoms with Gasteiger partial charge < -0.3 is 5.73 Å². The van der Waals surface area contributed by atoms with E-state index in [-0.39, 0.29) is 9.79 Å². The Balaban J connectivity index is 2.50. The molecule has 2 aromatic rings. The van der Waals surface area contributed by atoms with E-state index in [1.807, 2.05) is 0 Å². The van der Waals surface area contributed by atoms with Crippen LogP contribution in [0.1, 0.15) is 0 Å². The minimum absolute atomic E-state index is 0.244. The normalized spacial score (nSPS) is 11.4. The number of nitrogen functional groups attached to an aromatic ring is 1. The van der Waals surface area contributed by atoms with Crippen LogP contribution in [0.15, 0.2) is 62.8 Å². The smallest absolute Gasteiger partial charge is 0.206 e. The molecule has 2 aromatic carbocycles. The van der Waals surface area contributed by atoms with Crippen LogP contribution >= 0.6 is 15.9 Å². The van der Waals surface area contributed by atoms with Crippen LogP contribution in [0.5, 0.6) is 0 Å². The lowest BCUT2D eigenvalue weighted by Crippen LogP contribution is -2.01. The van der Waals surface area contributed by atoms with Gasteiger partial charge in [-0.05, 0) is 48.5 Å². The Hall–Kier alpha value is -1.33. The van der Waals surface area contributed by atoms with E-state index >= 15 is 0 Å². The van der Waals surface area contributed by atoms with Crippen molar-refractivity contribution in [2.75, 3.05) is 5.73 Å². The second-order valence-electron chi connectivity index (χ2n) is 3.53. The Bertz CT molecular complexity index is 567. The van der Waals surface area contributed by atoms with Gasteiger partial charge in [0.15, 0.2) is 0 Å². The molecule has 0 saturated carbocycles. The second-order valence-corrected chi connectivity index (χ2v) is 6.39. The first-order valence-electron chi connectivity index (χ1n) is 4.86. The Kier molecular flexibility index (Phi) is 3.22. The standard InChI is InChI=1S/C12H10BrNO2S/c13-9-1-5-11(6-2-9)17(15,16)12-7-3-10(14)4-8-12/h1-8H,14H2. The van der Waals surface area contributed by atoms with E-state index in [0.717, 1.165) is 4.47 Å². The van der Waals surface area contributed by atoms with Crippen molar-refractivity contribution in [2.24, 2.45) is 0 Å². The van der Waals surface area contributed by atoms with Gasteiger partial charge in [-0.1, -0.05) is 15.9 Å². The SMILES string of the molecule is Nc1ccc(S(=O)(=O)c2ccc(Br)cc2)cc1. The van der Waals surface area contributed by atoms with Crippen molar-refractivity contribution in [3.63, 3.8) is 0 Å². The van der Waals surface area contributed by atoms with E-state index in [1.54, 1.807) is 36.4 Å². The van der Waals surface area contributed by atoms with E-state index in [4.69, 9.17) is 5.73 Å². The molecule has 0 aliphatic heterocycles. The van der Waals surface area contributed by atoms with Crippen molar-refractivity contribution in [3.8, 4) is 0 Å². The van der Waals surface area contributed by atoms with Gasteiger partial charge in [0.2, 0.25) is 9.84 Å². The number of anilines is 1. The van der Waals surface area contributed by atoms with Crippen LogP contribution in [0, 0.1) is 0 Å². The number of hydrogen-bond donors (Lipinski definition) is 1. The number of rotatable bonds is 2. The summed E-state index contributed by atoms with van der Waals surface area (Å²) in [7, 11) is -3.45. The van der Waals surface area contributed by atoms with Gasteiger partial charge in [0.25, 0.3) is 0 Å². The average Bonchev–Trinajstić information content (AvgIpc) is 2.30. The monoisotopic (exact) mass is 311 g/mol. The lowest BCUT2D eigenvalue weighted by Gasteiger charge is -2.04. The summed E-state index contributed by atoms with van der Waals surface area (Å²) in [5.41, 5.74) is 6.07. The number of halogens is 1. The summed E-state index contributed by atoms with van der Waals surface area (Å²) in [6.07, 6.45) is 0. The van der Waals surface area contributed by atoms with E-state index in [2.05, 4.69) is 15.9 Å². The highest BCUT2D eigenvalue weighted by Crippen LogP contribution is 2.23. The maximum Gasteiger partial charge on any atom is 0.206 e. The molecule has 0 radical (unpaired) electrons. The van der Waals surface area contributed by atoms with Crippen LogP contribution in [-0.4, -0.2) is 8.42 Å². The number of sulfone groups is 1. The zero-order valence-electron chi connectivity index (χ0n) is 8.80. The predicted octanol–water partition coefficient (Wildman–Crippen LogP) is 2.86. The minimum atomic E-state index is -3.45. The molecule has 5 heteroatoms. The molecule has 0 bridgehead atoms. The molecule has 0 spiro atoms. The molecule has 0 fully saturated rings. The number of benzene rings is 2. The first-order valence-corrected chi connectivity index (χ1v) is 7.14. The lowest BCUT2D eigenvalue weighted by molar-refractivity contribution is 0.596. The molecule has 0 amide bonds. The molecular formula is C12H10BrNO2S. The van der Waals surface area contributed by atoms with Crippen LogP contribution in [0.25, 0.3) is 0 Å². The van der Waals surface area contributed by atoms with Crippen molar-refractivity contribution < 1.29 is 8.42 Å². The summed E-state index contributed by atoms with van der Waals surface area (Å²) >= 11 is 3.27. The third-order valence-electron chi connectivity index (χ3n) is 2.31. The molecule has 0 saturated heterocycles. The fourth-order valence-electron chi connectivity index (χ4n) is 1.40. The van der Waals surface area contributed by atoms with E-state index in [0.29, 0.717) is 5.69 Å². The first-order chi connectivity index (χ1) is 8.00. The third-order valence-corrected chi connectivity index (χ3v) is 4.63. The van der Waals surface area contributed by atoms with Crippen molar-refractivity contribution in [1.29, 1.82) is 0 Å². The molecule has 0 aromatic heterocycles. The van der Waals surface area contributed by atoms with Gasteiger partial charge in [-0.15, -0.1) is 0 Å².